The van der Waals surface area contributed by atoms with Crippen LogP contribution in [-0.2, 0) is 6.54 Å². The molecule has 178 valence electrons. The Morgan fingerprint density at radius 1 is 1.06 bits per heavy atom. The Morgan fingerprint density at radius 3 is 2.36 bits per heavy atom. The van der Waals surface area contributed by atoms with Crippen LogP contribution in [0.15, 0.2) is 76.2 Å². The Morgan fingerprint density at radius 2 is 1.69 bits per heavy atom. The van der Waals surface area contributed by atoms with Crippen molar-refractivity contribution in [3.8, 4) is 17.7 Å². The summed E-state index contributed by atoms with van der Waals surface area (Å²) in [6, 6.07) is 10.5. The van der Waals surface area contributed by atoms with E-state index in [0.717, 1.165) is 4.57 Å². The zero-order valence-corrected chi connectivity index (χ0v) is 19.3. The molecule has 2 N–H and O–H groups in total. The molecule has 1 aliphatic rings. The largest absolute Gasteiger partial charge is 0.507 e. The van der Waals surface area contributed by atoms with Gasteiger partial charge in [-0.25, -0.2) is 0 Å². The molecule has 9 heteroatoms. The van der Waals surface area contributed by atoms with E-state index in [-0.39, 0.29) is 57.0 Å². The summed E-state index contributed by atoms with van der Waals surface area (Å²) < 4.78 is 1.00. The molecule has 1 aromatic heterocycles. The number of fused-ring (bicyclic) bond motifs is 2. The van der Waals surface area contributed by atoms with Crippen molar-refractivity contribution in [3.05, 3.63) is 105 Å². The number of nitriles is 1. The van der Waals surface area contributed by atoms with Crippen molar-refractivity contribution < 1.29 is 19.8 Å². The maximum absolute atomic E-state index is 13.2. The molecule has 3 aromatic rings. The van der Waals surface area contributed by atoms with Crippen molar-refractivity contribution >= 4 is 22.9 Å². The molecule has 0 saturated heterocycles. The second-order valence-corrected chi connectivity index (χ2v) is 8.11. The number of ketones is 2. The molecule has 0 radical (unpaired) electrons. The molecule has 0 amide bonds. The molecular weight excluding hydrogens is 460 g/mol. The van der Waals surface area contributed by atoms with Gasteiger partial charge in [0.05, 0.1) is 16.8 Å². The first kappa shape index (κ1) is 24.0. The second kappa shape index (κ2) is 9.27. The van der Waals surface area contributed by atoms with Crippen LogP contribution in [0.4, 0.5) is 11.4 Å². The van der Waals surface area contributed by atoms with E-state index in [2.05, 4.69) is 23.4 Å². The van der Waals surface area contributed by atoms with Gasteiger partial charge >= 0.3 is 0 Å². The number of allylic oxidation sites excluding steroid dienone is 2. The van der Waals surface area contributed by atoms with Crippen LogP contribution in [0.2, 0.25) is 0 Å². The van der Waals surface area contributed by atoms with Crippen LogP contribution >= 0.6 is 0 Å². The number of hydrogen-bond donors (Lipinski definition) is 2. The molecule has 0 spiro atoms. The number of pyridine rings is 1. The molecule has 0 aliphatic heterocycles. The van der Waals surface area contributed by atoms with Crippen LogP contribution in [0.3, 0.4) is 0 Å². The van der Waals surface area contributed by atoms with E-state index in [4.69, 9.17) is 0 Å². The Bertz CT molecular complexity index is 1620. The van der Waals surface area contributed by atoms with E-state index >= 15 is 0 Å². The van der Waals surface area contributed by atoms with Crippen LogP contribution < -0.4 is 5.56 Å². The first-order chi connectivity index (χ1) is 17.2. The fraction of sp³-hybridized carbons (Fsp3) is 0.111. The van der Waals surface area contributed by atoms with E-state index in [9.17, 15) is 29.9 Å². The normalized spacial score (nSPS) is 12.2. The lowest BCUT2D eigenvalue weighted by Crippen LogP contribution is -2.22. The van der Waals surface area contributed by atoms with Crippen LogP contribution in [0.5, 0.6) is 11.6 Å². The third kappa shape index (κ3) is 3.80. The highest BCUT2D eigenvalue weighted by molar-refractivity contribution is 6.30. The summed E-state index contributed by atoms with van der Waals surface area (Å²) in [5.74, 6) is -1.85. The monoisotopic (exact) mass is 480 g/mol. The molecule has 9 nitrogen and oxygen atoms in total. The van der Waals surface area contributed by atoms with Crippen molar-refractivity contribution in [2.45, 2.75) is 19.9 Å². The van der Waals surface area contributed by atoms with Crippen molar-refractivity contribution in [1.29, 1.82) is 5.26 Å². The van der Waals surface area contributed by atoms with Crippen LogP contribution in [0.25, 0.3) is 0 Å². The molecule has 0 unspecified atom stereocenters. The van der Waals surface area contributed by atoms with E-state index in [1.165, 1.54) is 49.4 Å². The minimum Gasteiger partial charge on any atom is -0.507 e. The molecule has 0 bridgehead atoms. The number of azo groups is 1. The van der Waals surface area contributed by atoms with Crippen molar-refractivity contribution in [1.82, 2.24) is 4.57 Å². The fourth-order valence-corrected chi connectivity index (χ4v) is 4.01. The maximum atomic E-state index is 13.2. The lowest BCUT2D eigenvalue weighted by atomic mass is 9.83. The topological polar surface area (TPSA) is 145 Å². The summed E-state index contributed by atoms with van der Waals surface area (Å²) >= 11 is 0. The summed E-state index contributed by atoms with van der Waals surface area (Å²) in [5.41, 5.74) is -0.247. The van der Waals surface area contributed by atoms with Gasteiger partial charge in [-0.3, -0.25) is 19.0 Å². The molecule has 0 atom stereocenters. The Hall–Kier alpha value is -5.10. The van der Waals surface area contributed by atoms with Crippen LogP contribution in [0.1, 0.15) is 49.4 Å². The average molecular weight is 480 g/mol. The zero-order chi connectivity index (χ0) is 26.1. The third-order valence-corrected chi connectivity index (χ3v) is 6.00. The Kier molecular flexibility index (Phi) is 6.19. The van der Waals surface area contributed by atoms with E-state index in [0.29, 0.717) is 12.0 Å². The number of carbonyl (C=O) groups is 2. The highest BCUT2D eigenvalue weighted by Crippen LogP contribution is 2.37. The molecule has 4 rings (SSSR count). The number of phenols is 1. The SMILES string of the molecule is C=CC(=C)CCn1c(O)c(C#N)c(C)c(N=Nc2cccc3c2C(=O)c2cccc(O)c2C3=O)c1=O. The van der Waals surface area contributed by atoms with Gasteiger partial charge in [0.15, 0.2) is 17.3 Å². The van der Waals surface area contributed by atoms with E-state index in [1.54, 1.807) is 0 Å². The predicted molar refractivity (Wildman–Crippen MR) is 131 cm³/mol. The summed E-state index contributed by atoms with van der Waals surface area (Å²) in [6.45, 7) is 8.88. The molecule has 0 saturated carbocycles. The second-order valence-electron chi connectivity index (χ2n) is 8.11. The number of carbonyl (C=O) groups excluding carboxylic acids is 2. The van der Waals surface area contributed by atoms with Gasteiger partial charge in [0.2, 0.25) is 5.88 Å². The van der Waals surface area contributed by atoms with Crippen molar-refractivity contribution in [2.75, 3.05) is 0 Å². The van der Waals surface area contributed by atoms with Gasteiger partial charge in [0, 0.05) is 23.2 Å². The summed E-state index contributed by atoms with van der Waals surface area (Å²) in [4.78, 5) is 39.4. The maximum Gasteiger partial charge on any atom is 0.281 e. The molecule has 1 aliphatic carbocycles. The first-order valence-electron chi connectivity index (χ1n) is 10.8. The van der Waals surface area contributed by atoms with Gasteiger partial charge < -0.3 is 10.2 Å². The minimum atomic E-state index is -0.688. The van der Waals surface area contributed by atoms with Gasteiger partial charge in [0.25, 0.3) is 5.56 Å². The Labute approximate surface area is 205 Å². The minimum absolute atomic E-state index is 0.0103. The number of benzene rings is 2. The molecular formula is C27H20N4O5. The van der Waals surface area contributed by atoms with Gasteiger partial charge in [0.1, 0.15) is 17.4 Å². The number of rotatable bonds is 6. The lowest BCUT2D eigenvalue weighted by Gasteiger charge is -2.19. The zero-order valence-electron chi connectivity index (χ0n) is 19.3. The summed E-state index contributed by atoms with van der Waals surface area (Å²) in [5, 5.41) is 38.3. The summed E-state index contributed by atoms with van der Waals surface area (Å²) in [7, 11) is 0. The number of aromatic nitrogens is 1. The van der Waals surface area contributed by atoms with Crippen LogP contribution in [0, 0.1) is 18.3 Å². The fourth-order valence-electron chi connectivity index (χ4n) is 4.01. The predicted octanol–water partition coefficient (Wildman–Crippen LogP) is 4.76. The quantitative estimate of drug-likeness (QED) is 0.300. The lowest BCUT2D eigenvalue weighted by molar-refractivity contribution is 0.0977. The number of aromatic hydroxyl groups is 2. The summed E-state index contributed by atoms with van der Waals surface area (Å²) in [6.07, 6.45) is 1.83. The van der Waals surface area contributed by atoms with Crippen molar-refractivity contribution in [2.24, 2.45) is 10.2 Å². The van der Waals surface area contributed by atoms with Crippen molar-refractivity contribution in [3.63, 3.8) is 0 Å². The first-order valence-corrected chi connectivity index (χ1v) is 10.8. The number of nitrogens with zero attached hydrogens (tertiary/aromatic N) is 4. The van der Waals surface area contributed by atoms with Gasteiger partial charge in [-0.2, -0.15) is 5.26 Å². The number of phenolic OH excluding ortho intramolecular Hbond substituents is 1. The molecule has 0 fully saturated rings. The van der Waals surface area contributed by atoms with Gasteiger partial charge in [-0.1, -0.05) is 49.1 Å². The molecule has 1 heterocycles. The van der Waals surface area contributed by atoms with Crippen LogP contribution in [-0.4, -0.2) is 26.3 Å². The third-order valence-electron chi connectivity index (χ3n) is 6.00. The van der Waals surface area contributed by atoms with E-state index in [1.807, 2.05) is 6.07 Å². The molecule has 2 aromatic carbocycles. The Balaban J connectivity index is 1.84. The smallest absolute Gasteiger partial charge is 0.281 e. The molecule has 36 heavy (non-hydrogen) atoms. The number of hydrogen-bond acceptors (Lipinski definition) is 8. The highest BCUT2D eigenvalue weighted by atomic mass is 16.3. The van der Waals surface area contributed by atoms with E-state index < -0.39 is 23.0 Å². The highest BCUT2D eigenvalue weighted by Gasteiger charge is 2.33. The standard InChI is InChI=1S/C27H20N4O5/c1-4-14(2)11-12-31-26(35)18(13-28)15(3)23(27(31)36)30-29-19-9-5-7-16-21(19)24(33)17-8-6-10-20(32)22(17)25(16)34/h4-10,32,35H,1-2,11-12H2,3H3. The average Bonchev–Trinajstić information content (AvgIpc) is 2.86. The van der Waals surface area contributed by atoms with Gasteiger partial charge in [-0.15, -0.1) is 10.2 Å². The van der Waals surface area contributed by atoms with Gasteiger partial charge in [-0.05, 0) is 25.5 Å².